The quantitative estimate of drug-likeness (QED) is 0.871. The lowest BCUT2D eigenvalue weighted by Gasteiger charge is -2.19. The summed E-state index contributed by atoms with van der Waals surface area (Å²) in [6.07, 6.45) is 1.01. The molecule has 1 aliphatic rings. The highest BCUT2D eigenvalue weighted by Crippen LogP contribution is 2.33. The van der Waals surface area contributed by atoms with Gasteiger partial charge in [-0.2, -0.15) is 0 Å². The molecular formula is C15H20Cl2N2O2. The molecule has 1 fully saturated rings. The summed E-state index contributed by atoms with van der Waals surface area (Å²) in [5, 5.41) is 7.10. The minimum Gasteiger partial charge on any atom is -0.379 e. The molecule has 0 aromatic heterocycles. The number of nitrogens with one attached hydrogen (secondary N) is 2. The number of hydrogen-bond donors (Lipinski definition) is 2. The van der Waals surface area contributed by atoms with Crippen molar-refractivity contribution in [2.45, 2.75) is 26.3 Å². The van der Waals surface area contributed by atoms with Gasteiger partial charge in [0.2, 0.25) is 5.91 Å². The summed E-state index contributed by atoms with van der Waals surface area (Å²) in [7, 11) is 0. The van der Waals surface area contributed by atoms with E-state index in [9.17, 15) is 4.79 Å². The van der Waals surface area contributed by atoms with Crippen molar-refractivity contribution in [1.29, 1.82) is 0 Å². The van der Waals surface area contributed by atoms with E-state index in [0.29, 0.717) is 28.9 Å². The Labute approximate surface area is 135 Å². The van der Waals surface area contributed by atoms with Crippen molar-refractivity contribution in [3.05, 3.63) is 27.7 Å². The Morgan fingerprint density at radius 2 is 2.14 bits per heavy atom. The summed E-state index contributed by atoms with van der Waals surface area (Å²) in [4.78, 5) is 12.5. The second-order valence-electron chi connectivity index (χ2n) is 5.25. The Balaban J connectivity index is 2.09. The highest BCUT2D eigenvalue weighted by molar-refractivity contribution is 6.40. The molecule has 1 heterocycles. The fourth-order valence-electron chi connectivity index (χ4n) is 2.33. The molecule has 1 amide bonds. The number of amides is 1. The van der Waals surface area contributed by atoms with Crippen LogP contribution in [0.1, 0.15) is 18.9 Å². The fraction of sp³-hybridized carbons (Fsp3) is 0.533. The second-order valence-corrected chi connectivity index (χ2v) is 6.03. The molecule has 1 aromatic rings. The normalized spacial score (nSPS) is 21.5. The second kappa shape index (κ2) is 7.45. The highest BCUT2D eigenvalue weighted by Gasteiger charge is 2.34. The van der Waals surface area contributed by atoms with E-state index in [-0.39, 0.29) is 17.9 Å². The molecule has 6 heteroatoms. The largest absolute Gasteiger partial charge is 0.379 e. The molecule has 1 saturated heterocycles. The van der Waals surface area contributed by atoms with Crippen LogP contribution in [0.25, 0.3) is 0 Å². The van der Waals surface area contributed by atoms with Crippen LogP contribution in [0.5, 0.6) is 0 Å². The molecule has 2 rings (SSSR count). The molecule has 2 unspecified atom stereocenters. The molecule has 21 heavy (non-hydrogen) atoms. The zero-order valence-electron chi connectivity index (χ0n) is 12.2. The first kappa shape index (κ1) is 16.6. The Hall–Kier alpha value is -0.810. The third kappa shape index (κ3) is 3.89. The van der Waals surface area contributed by atoms with Crippen molar-refractivity contribution in [2.75, 3.05) is 25.1 Å². The van der Waals surface area contributed by atoms with Crippen LogP contribution in [0, 0.1) is 12.8 Å². The van der Waals surface area contributed by atoms with Crippen molar-refractivity contribution < 1.29 is 9.53 Å². The van der Waals surface area contributed by atoms with Crippen LogP contribution in [0.4, 0.5) is 5.69 Å². The van der Waals surface area contributed by atoms with E-state index in [1.54, 1.807) is 6.07 Å². The molecular weight excluding hydrogens is 311 g/mol. The van der Waals surface area contributed by atoms with Gasteiger partial charge in [0.05, 0.1) is 34.9 Å². The zero-order valence-corrected chi connectivity index (χ0v) is 13.7. The van der Waals surface area contributed by atoms with E-state index < -0.39 is 0 Å². The standard InChI is InChI=1S/C15H20Cl2N2O2/c1-3-6-18-12-8-21-7-10(12)15(20)19-14-11(16)5-4-9(2)13(14)17/h4-5,10,12,18H,3,6-8H2,1-2H3,(H,19,20). The van der Waals surface area contributed by atoms with E-state index >= 15 is 0 Å². The highest BCUT2D eigenvalue weighted by atomic mass is 35.5. The van der Waals surface area contributed by atoms with Crippen LogP contribution in [0.15, 0.2) is 12.1 Å². The maximum absolute atomic E-state index is 12.5. The number of carbonyl (C=O) groups is 1. The van der Waals surface area contributed by atoms with Crippen molar-refractivity contribution in [3.63, 3.8) is 0 Å². The van der Waals surface area contributed by atoms with Crippen molar-refractivity contribution >= 4 is 34.8 Å². The average molecular weight is 331 g/mol. The number of rotatable bonds is 5. The maximum atomic E-state index is 12.5. The molecule has 2 N–H and O–H groups in total. The van der Waals surface area contributed by atoms with Gasteiger partial charge in [-0.25, -0.2) is 0 Å². The molecule has 0 radical (unpaired) electrons. The van der Waals surface area contributed by atoms with Crippen molar-refractivity contribution in [3.8, 4) is 0 Å². The topological polar surface area (TPSA) is 50.4 Å². The van der Waals surface area contributed by atoms with Gasteiger partial charge in [0.15, 0.2) is 0 Å². The SMILES string of the molecule is CCCNC1COCC1C(=O)Nc1c(Cl)ccc(C)c1Cl. The minimum atomic E-state index is -0.232. The molecule has 116 valence electrons. The van der Waals surface area contributed by atoms with E-state index in [1.165, 1.54) is 0 Å². The summed E-state index contributed by atoms with van der Waals surface area (Å²) < 4.78 is 5.42. The molecule has 1 aromatic carbocycles. The first-order valence-corrected chi connectivity index (χ1v) is 7.86. The maximum Gasteiger partial charge on any atom is 0.231 e. The lowest BCUT2D eigenvalue weighted by Crippen LogP contribution is -2.41. The van der Waals surface area contributed by atoms with Gasteiger partial charge >= 0.3 is 0 Å². The predicted molar refractivity (Wildman–Crippen MR) is 86.2 cm³/mol. The number of benzene rings is 1. The average Bonchev–Trinajstić information content (AvgIpc) is 2.93. The van der Waals surface area contributed by atoms with E-state index in [0.717, 1.165) is 18.5 Å². The first-order valence-electron chi connectivity index (χ1n) is 7.11. The number of aryl methyl sites for hydroxylation is 1. The summed E-state index contributed by atoms with van der Waals surface area (Å²) in [5.74, 6) is -0.348. The molecule has 4 nitrogen and oxygen atoms in total. The van der Waals surface area contributed by atoms with Crippen LogP contribution in [0.3, 0.4) is 0 Å². The summed E-state index contributed by atoms with van der Waals surface area (Å²) in [6, 6.07) is 3.59. The Morgan fingerprint density at radius 1 is 1.38 bits per heavy atom. The van der Waals surface area contributed by atoms with E-state index in [2.05, 4.69) is 17.6 Å². The summed E-state index contributed by atoms with van der Waals surface area (Å²) in [5.41, 5.74) is 1.35. The predicted octanol–water partition coefficient (Wildman–Crippen LogP) is 3.25. The van der Waals surface area contributed by atoms with E-state index in [4.69, 9.17) is 27.9 Å². The summed E-state index contributed by atoms with van der Waals surface area (Å²) >= 11 is 12.3. The number of hydrogen-bond acceptors (Lipinski definition) is 3. The number of anilines is 1. The van der Waals surface area contributed by atoms with Gasteiger partial charge < -0.3 is 15.4 Å². The number of carbonyl (C=O) groups excluding carboxylic acids is 1. The van der Waals surface area contributed by atoms with Gasteiger partial charge in [-0.1, -0.05) is 36.2 Å². The lowest BCUT2D eigenvalue weighted by molar-refractivity contribution is -0.120. The van der Waals surface area contributed by atoms with Crippen LogP contribution in [-0.2, 0) is 9.53 Å². The van der Waals surface area contributed by atoms with Crippen molar-refractivity contribution in [1.82, 2.24) is 5.32 Å². The Bertz CT molecular complexity index is 523. The van der Waals surface area contributed by atoms with Gasteiger partial charge in [-0.15, -0.1) is 0 Å². The zero-order chi connectivity index (χ0) is 15.4. The number of ether oxygens (including phenoxy) is 1. The van der Waals surface area contributed by atoms with Gasteiger partial charge in [0.25, 0.3) is 0 Å². The molecule has 0 aliphatic carbocycles. The van der Waals surface area contributed by atoms with Crippen LogP contribution in [0.2, 0.25) is 10.0 Å². The van der Waals surface area contributed by atoms with Crippen LogP contribution < -0.4 is 10.6 Å². The number of halogens is 2. The van der Waals surface area contributed by atoms with Gasteiger partial charge in [0, 0.05) is 6.04 Å². The van der Waals surface area contributed by atoms with Crippen LogP contribution in [-0.4, -0.2) is 31.7 Å². The minimum absolute atomic E-state index is 0.0345. The lowest BCUT2D eigenvalue weighted by atomic mass is 10.0. The Morgan fingerprint density at radius 3 is 2.86 bits per heavy atom. The van der Waals surface area contributed by atoms with Gasteiger partial charge in [0.1, 0.15) is 0 Å². The molecule has 0 bridgehead atoms. The third-order valence-electron chi connectivity index (χ3n) is 3.61. The molecule has 0 saturated carbocycles. The molecule has 1 aliphatic heterocycles. The summed E-state index contributed by atoms with van der Waals surface area (Å²) in [6.45, 7) is 5.79. The third-order valence-corrected chi connectivity index (χ3v) is 4.41. The van der Waals surface area contributed by atoms with Crippen molar-refractivity contribution in [2.24, 2.45) is 5.92 Å². The molecule has 0 spiro atoms. The monoisotopic (exact) mass is 330 g/mol. The van der Waals surface area contributed by atoms with Crippen LogP contribution >= 0.6 is 23.2 Å². The van der Waals surface area contributed by atoms with E-state index in [1.807, 2.05) is 13.0 Å². The van der Waals surface area contributed by atoms with Gasteiger partial charge in [-0.05, 0) is 31.5 Å². The fourth-order valence-corrected chi connectivity index (χ4v) is 2.80. The molecule has 2 atom stereocenters. The Kier molecular flexibility index (Phi) is 5.88. The first-order chi connectivity index (χ1) is 10.0. The van der Waals surface area contributed by atoms with Gasteiger partial charge in [-0.3, -0.25) is 4.79 Å². The smallest absolute Gasteiger partial charge is 0.231 e.